The zero-order chi connectivity index (χ0) is 17.0. The lowest BCUT2D eigenvalue weighted by Gasteiger charge is -2.21. The maximum absolute atomic E-state index is 11.5. The van der Waals surface area contributed by atoms with Gasteiger partial charge < -0.3 is 15.0 Å². The van der Waals surface area contributed by atoms with Gasteiger partial charge in [0.15, 0.2) is 0 Å². The van der Waals surface area contributed by atoms with E-state index in [-0.39, 0.29) is 5.41 Å². The zero-order valence-electron chi connectivity index (χ0n) is 14.6. The normalized spacial score (nSPS) is 13.4. The summed E-state index contributed by atoms with van der Waals surface area (Å²) in [7, 11) is 0. The molecular weight excluding hydrogens is 288 g/mol. The number of carbonyl (C=O) groups is 1. The second-order valence-corrected chi connectivity index (χ2v) is 7.32. The fourth-order valence-electron chi connectivity index (χ4n) is 2.84. The number of aromatic nitrogens is 1. The summed E-state index contributed by atoms with van der Waals surface area (Å²) in [5, 5.41) is 13.9. The lowest BCUT2D eigenvalue weighted by Crippen LogP contribution is -2.37. The lowest BCUT2D eigenvalue weighted by molar-refractivity contribution is -0.139. The fraction of sp³-hybridized carbons (Fsp3) is 0.526. The second kappa shape index (κ2) is 7.18. The summed E-state index contributed by atoms with van der Waals surface area (Å²) in [4.78, 5) is 11.5. The largest absolute Gasteiger partial charge is 0.480 e. The number of carboxylic acid groups (broad SMARTS) is 1. The van der Waals surface area contributed by atoms with Crippen LogP contribution in [0.5, 0.6) is 0 Å². The van der Waals surface area contributed by atoms with Crippen LogP contribution in [0.1, 0.15) is 46.1 Å². The van der Waals surface area contributed by atoms with Crippen LogP contribution >= 0.6 is 0 Å². The van der Waals surface area contributed by atoms with Crippen LogP contribution in [-0.2, 0) is 17.9 Å². The Kier molecular flexibility index (Phi) is 5.47. The number of nitrogens with zero attached hydrogens (tertiary/aromatic N) is 1. The molecule has 0 spiro atoms. The molecule has 0 aliphatic rings. The zero-order valence-corrected chi connectivity index (χ0v) is 14.6. The Balaban J connectivity index is 2.09. The topological polar surface area (TPSA) is 54.3 Å². The predicted octanol–water partition coefficient (Wildman–Crippen LogP) is 4.03. The first-order valence-electron chi connectivity index (χ1n) is 8.35. The van der Waals surface area contributed by atoms with E-state index in [0.29, 0.717) is 13.0 Å². The molecule has 2 aromatic rings. The van der Waals surface area contributed by atoms with Crippen molar-refractivity contribution in [3.8, 4) is 0 Å². The first kappa shape index (κ1) is 17.5. The van der Waals surface area contributed by atoms with Crippen molar-refractivity contribution in [2.45, 2.75) is 59.7 Å². The Hall–Kier alpha value is -1.81. The number of aliphatic carboxylic acids is 1. The number of aryl methyl sites for hydroxylation is 1. The van der Waals surface area contributed by atoms with Crippen LogP contribution in [0.25, 0.3) is 10.9 Å². The third-order valence-electron chi connectivity index (χ3n) is 4.26. The van der Waals surface area contributed by atoms with Gasteiger partial charge in [0.1, 0.15) is 6.04 Å². The van der Waals surface area contributed by atoms with Crippen molar-refractivity contribution in [2.24, 2.45) is 5.41 Å². The molecule has 1 aromatic heterocycles. The smallest absolute Gasteiger partial charge is 0.320 e. The summed E-state index contributed by atoms with van der Waals surface area (Å²) in [5.74, 6) is -0.771. The van der Waals surface area contributed by atoms with Crippen LogP contribution in [0.3, 0.4) is 0 Å². The molecule has 0 saturated heterocycles. The predicted molar refractivity (Wildman–Crippen MR) is 94.6 cm³/mol. The van der Waals surface area contributed by atoms with Gasteiger partial charge in [-0.1, -0.05) is 32.9 Å². The van der Waals surface area contributed by atoms with Crippen LogP contribution in [0.4, 0.5) is 0 Å². The second-order valence-electron chi connectivity index (χ2n) is 7.32. The van der Waals surface area contributed by atoms with Crippen molar-refractivity contribution in [1.82, 2.24) is 9.88 Å². The Labute approximate surface area is 138 Å². The minimum absolute atomic E-state index is 0.147. The Bertz CT molecular complexity index is 668. The molecule has 4 nitrogen and oxygen atoms in total. The third kappa shape index (κ3) is 4.58. The highest BCUT2D eigenvalue weighted by atomic mass is 16.4. The molecule has 23 heavy (non-hydrogen) atoms. The van der Waals surface area contributed by atoms with E-state index in [2.05, 4.69) is 62.0 Å². The van der Waals surface area contributed by atoms with E-state index < -0.39 is 12.0 Å². The van der Waals surface area contributed by atoms with Gasteiger partial charge >= 0.3 is 5.97 Å². The van der Waals surface area contributed by atoms with E-state index in [1.165, 1.54) is 10.9 Å². The number of carboxylic acids is 1. The van der Waals surface area contributed by atoms with Crippen LogP contribution in [0, 0.1) is 5.41 Å². The Morgan fingerprint density at radius 3 is 2.65 bits per heavy atom. The molecule has 1 aromatic carbocycles. The van der Waals surface area contributed by atoms with Gasteiger partial charge in [0.25, 0.3) is 0 Å². The summed E-state index contributed by atoms with van der Waals surface area (Å²) in [6.07, 6.45) is 3.61. The summed E-state index contributed by atoms with van der Waals surface area (Å²) in [5.41, 5.74) is 2.50. The number of hydrogen-bond acceptors (Lipinski definition) is 2. The minimum atomic E-state index is -0.771. The Morgan fingerprint density at radius 1 is 1.30 bits per heavy atom. The molecular formula is C19H28N2O2. The van der Waals surface area contributed by atoms with Gasteiger partial charge in [0.2, 0.25) is 0 Å². The van der Waals surface area contributed by atoms with E-state index in [1.807, 2.05) is 6.07 Å². The number of benzene rings is 1. The molecule has 0 unspecified atom stereocenters. The fourth-order valence-corrected chi connectivity index (χ4v) is 2.84. The van der Waals surface area contributed by atoms with Crippen LogP contribution in [0.2, 0.25) is 0 Å². The van der Waals surface area contributed by atoms with E-state index in [1.54, 1.807) is 0 Å². The highest BCUT2D eigenvalue weighted by molar-refractivity contribution is 5.83. The molecule has 126 valence electrons. The van der Waals surface area contributed by atoms with Crippen LogP contribution in [-0.4, -0.2) is 21.7 Å². The standard InChI is InChI=1S/C19H28N2O2/c1-5-21-12-10-15-14(7-6-8-17(15)21)13-20-16(18(22)23)9-11-19(2,3)4/h6-8,10,12,16,20H,5,9,11,13H2,1-4H3,(H,22,23)/t16-/m0/s1. The Morgan fingerprint density at radius 2 is 2.04 bits per heavy atom. The van der Waals surface area contributed by atoms with E-state index in [9.17, 15) is 9.90 Å². The summed E-state index contributed by atoms with van der Waals surface area (Å²) in [6.45, 7) is 10.0. The molecule has 0 aliphatic heterocycles. The van der Waals surface area contributed by atoms with Gasteiger partial charge in [-0.25, -0.2) is 0 Å². The first-order valence-corrected chi connectivity index (χ1v) is 8.35. The molecule has 1 atom stereocenters. The average Bonchev–Trinajstić information content (AvgIpc) is 2.89. The van der Waals surface area contributed by atoms with Crippen molar-refractivity contribution in [3.05, 3.63) is 36.0 Å². The lowest BCUT2D eigenvalue weighted by atomic mass is 9.88. The van der Waals surface area contributed by atoms with Gasteiger partial charge in [0.05, 0.1) is 0 Å². The molecule has 2 rings (SSSR count). The van der Waals surface area contributed by atoms with Crippen molar-refractivity contribution in [3.63, 3.8) is 0 Å². The van der Waals surface area contributed by atoms with E-state index in [4.69, 9.17) is 0 Å². The quantitative estimate of drug-likeness (QED) is 0.811. The number of fused-ring (bicyclic) bond motifs is 1. The molecule has 1 heterocycles. The molecule has 0 radical (unpaired) electrons. The SMILES string of the molecule is CCn1ccc2c(CN[C@@H](CCC(C)(C)C)C(=O)O)cccc21. The number of nitrogens with one attached hydrogen (secondary N) is 1. The highest BCUT2D eigenvalue weighted by Crippen LogP contribution is 2.23. The van der Waals surface area contributed by atoms with Gasteiger partial charge in [0, 0.05) is 30.2 Å². The van der Waals surface area contributed by atoms with E-state index >= 15 is 0 Å². The average molecular weight is 316 g/mol. The summed E-state index contributed by atoms with van der Waals surface area (Å²) < 4.78 is 2.20. The van der Waals surface area contributed by atoms with Crippen molar-refractivity contribution >= 4 is 16.9 Å². The highest BCUT2D eigenvalue weighted by Gasteiger charge is 2.20. The molecule has 2 N–H and O–H groups in total. The summed E-state index contributed by atoms with van der Waals surface area (Å²) in [6, 6.07) is 7.82. The van der Waals surface area contributed by atoms with E-state index in [0.717, 1.165) is 18.5 Å². The van der Waals surface area contributed by atoms with Crippen LogP contribution in [0.15, 0.2) is 30.5 Å². The maximum Gasteiger partial charge on any atom is 0.320 e. The van der Waals surface area contributed by atoms with Gasteiger partial charge in [-0.15, -0.1) is 0 Å². The summed E-state index contributed by atoms with van der Waals surface area (Å²) >= 11 is 0. The molecule has 0 amide bonds. The molecule has 4 heteroatoms. The minimum Gasteiger partial charge on any atom is -0.480 e. The third-order valence-corrected chi connectivity index (χ3v) is 4.26. The first-order chi connectivity index (χ1) is 10.8. The molecule has 0 fully saturated rings. The van der Waals surface area contributed by atoms with Crippen molar-refractivity contribution in [1.29, 1.82) is 0 Å². The number of hydrogen-bond donors (Lipinski definition) is 2. The van der Waals surface area contributed by atoms with Gasteiger partial charge in [-0.05, 0) is 42.9 Å². The monoisotopic (exact) mass is 316 g/mol. The van der Waals surface area contributed by atoms with Crippen LogP contribution < -0.4 is 5.32 Å². The molecule has 0 bridgehead atoms. The number of rotatable bonds is 7. The van der Waals surface area contributed by atoms with Gasteiger partial charge in [-0.2, -0.15) is 0 Å². The van der Waals surface area contributed by atoms with Crippen molar-refractivity contribution < 1.29 is 9.90 Å². The molecule has 0 saturated carbocycles. The molecule has 0 aliphatic carbocycles. The van der Waals surface area contributed by atoms with Gasteiger partial charge in [-0.3, -0.25) is 4.79 Å². The maximum atomic E-state index is 11.5. The van der Waals surface area contributed by atoms with Crippen molar-refractivity contribution in [2.75, 3.05) is 0 Å².